The molecule has 0 spiro atoms. The lowest BCUT2D eigenvalue weighted by Crippen LogP contribution is -2.35. The lowest BCUT2D eigenvalue weighted by atomic mass is 10.3. The Morgan fingerprint density at radius 3 is 3.33 bits per heavy atom. The van der Waals surface area contributed by atoms with Gasteiger partial charge in [0.1, 0.15) is 12.4 Å². The molecule has 0 saturated carbocycles. The van der Waals surface area contributed by atoms with Gasteiger partial charge >= 0.3 is 0 Å². The first kappa shape index (κ1) is 11.4. The minimum Gasteiger partial charge on any atom is -0.367 e. The van der Waals surface area contributed by atoms with Gasteiger partial charge in [0.2, 0.25) is 0 Å². The monoisotopic (exact) mass is 247 g/mol. The summed E-state index contributed by atoms with van der Waals surface area (Å²) in [7, 11) is 1.92. The van der Waals surface area contributed by atoms with Gasteiger partial charge in [0, 0.05) is 44.3 Å². The molecular weight excluding hydrogens is 230 g/mol. The topological polar surface area (TPSA) is 56.9 Å². The summed E-state index contributed by atoms with van der Waals surface area (Å²) in [6, 6.07) is 0. The van der Waals surface area contributed by atoms with Crippen molar-refractivity contribution in [1.82, 2.24) is 24.6 Å². The number of imidazole rings is 1. The van der Waals surface area contributed by atoms with Crippen molar-refractivity contribution < 1.29 is 4.74 Å². The van der Waals surface area contributed by atoms with Crippen LogP contribution in [0.15, 0.2) is 24.8 Å². The van der Waals surface area contributed by atoms with Crippen molar-refractivity contribution >= 4 is 0 Å². The van der Waals surface area contributed by atoms with Crippen molar-refractivity contribution in [3.63, 3.8) is 0 Å². The van der Waals surface area contributed by atoms with Crippen molar-refractivity contribution in [3.8, 4) is 0 Å². The Morgan fingerprint density at radius 2 is 2.50 bits per heavy atom. The lowest BCUT2D eigenvalue weighted by Gasteiger charge is -2.24. The second-order valence-corrected chi connectivity index (χ2v) is 4.58. The molecule has 1 aliphatic rings. The van der Waals surface area contributed by atoms with Crippen molar-refractivity contribution in [2.24, 2.45) is 7.05 Å². The first-order chi connectivity index (χ1) is 8.81. The fraction of sp³-hybridized carbons (Fsp3) is 0.500. The van der Waals surface area contributed by atoms with Crippen molar-refractivity contribution in [2.75, 3.05) is 6.54 Å². The molecule has 0 fully saturated rings. The summed E-state index contributed by atoms with van der Waals surface area (Å²) in [5.41, 5.74) is 1.19. The molecule has 18 heavy (non-hydrogen) atoms. The number of hydrogen-bond donors (Lipinski definition) is 1. The molecule has 6 heteroatoms. The first-order valence-electron chi connectivity index (χ1n) is 6.11. The molecule has 0 aliphatic carbocycles. The smallest absolute Gasteiger partial charge is 0.134 e. The van der Waals surface area contributed by atoms with Crippen LogP contribution in [0, 0.1) is 0 Å². The lowest BCUT2D eigenvalue weighted by molar-refractivity contribution is 0.00278. The molecule has 1 unspecified atom stereocenters. The van der Waals surface area contributed by atoms with Crippen LogP contribution in [0.4, 0.5) is 0 Å². The predicted molar refractivity (Wildman–Crippen MR) is 65.7 cm³/mol. The predicted octanol–water partition coefficient (Wildman–Crippen LogP) is 0.305. The van der Waals surface area contributed by atoms with Crippen LogP contribution in [0.25, 0.3) is 0 Å². The van der Waals surface area contributed by atoms with E-state index in [1.54, 1.807) is 0 Å². The highest BCUT2D eigenvalue weighted by atomic mass is 16.5. The number of aryl methyl sites for hydroxylation is 1. The van der Waals surface area contributed by atoms with Gasteiger partial charge in [-0.3, -0.25) is 4.68 Å². The molecule has 2 aromatic rings. The van der Waals surface area contributed by atoms with E-state index in [4.69, 9.17) is 4.74 Å². The number of nitrogens with zero attached hydrogens (tertiary/aromatic N) is 4. The molecule has 1 N–H and O–H groups in total. The van der Waals surface area contributed by atoms with E-state index < -0.39 is 0 Å². The third kappa shape index (κ3) is 2.44. The second kappa shape index (κ2) is 4.91. The van der Waals surface area contributed by atoms with Crippen LogP contribution in [0.1, 0.15) is 11.4 Å². The summed E-state index contributed by atoms with van der Waals surface area (Å²) in [5.74, 6) is 1.01. The highest BCUT2D eigenvalue weighted by Crippen LogP contribution is 2.11. The van der Waals surface area contributed by atoms with E-state index in [1.807, 2.05) is 36.5 Å². The van der Waals surface area contributed by atoms with Gasteiger partial charge in [-0.15, -0.1) is 0 Å². The van der Waals surface area contributed by atoms with Crippen LogP contribution in [0.2, 0.25) is 0 Å². The highest BCUT2D eigenvalue weighted by Gasteiger charge is 2.18. The largest absolute Gasteiger partial charge is 0.367 e. The van der Waals surface area contributed by atoms with E-state index in [0.717, 1.165) is 25.5 Å². The molecule has 3 rings (SSSR count). The molecule has 6 nitrogen and oxygen atoms in total. The van der Waals surface area contributed by atoms with E-state index in [2.05, 4.69) is 20.0 Å². The third-order valence-corrected chi connectivity index (χ3v) is 3.11. The molecule has 0 radical (unpaired) electrons. The maximum Gasteiger partial charge on any atom is 0.134 e. The van der Waals surface area contributed by atoms with Gasteiger partial charge in [-0.05, 0) is 0 Å². The van der Waals surface area contributed by atoms with E-state index in [1.165, 1.54) is 5.56 Å². The molecule has 96 valence electrons. The quantitative estimate of drug-likeness (QED) is 0.844. The van der Waals surface area contributed by atoms with Gasteiger partial charge in [-0.2, -0.15) is 5.10 Å². The summed E-state index contributed by atoms with van der Waals surface area (Å²) in [6.45, 7) is 3.14. The molecule has 0 aromatic carbocycles. The molecule has 1 atom stereocenters. The normalized spacial score (nSPS) is 18.8. The number of hydrogen-bond acceptors (Lipinski definition) is 4. The maximum atomic E-state index is 5.74. The van der Waals surface area contributed by atoms with Gasteiger partial charge in [0.05, 0.1) is 18.8 Å². The van der Waals surface area contributed by atoms with Gasteiger partial charge in [-0.25, -0.2) is 4.98 Å². The van der Waals surface area contributed by atoms with Crippen LogP contribution in [-0.2, 0) is 31.5 Å². The van der Waals surface area contributed by atoms with Gasteiger partial charge in [0.15, 0.2) is 0 Å². The molecule has 3 heterocycles. The standard InChI is InChI=1S/C12H17N5O/c1-16-7-10(5-15-16)4-13-6-11-8-17-3-2-14-12(17)9-18-11/h2-3,5,7,11,13H,4,6,8-9H2,1H3. The minimum absolute atomic E-state index is 0.211. The SMILES string of the molecule is Cn1cc(CNCC2Cn3ccnc3CO2)cn1. The van der Waals surface area contributed by atoms with Gasteiger partial charge in [-0.1, -0.05) is 0 Å². The Hall–Kier alpha value is -1.66. The van der Waals surface area contributed by atoms with Crippen molar-refractivity contribution in [2.45, 2.75) is 25.8 Å². The summed E-state index contributed by atoms with van der Waals surface area (Å²) in [4.78, 5) is 4.23. The number of aromatic nitrogens is 4. The third-order valence-electron chi connectivity index (χ3n) is 3.11. The van der Waals surface area contributed by atoms with Gasteiger partial charge < -0.3 is 14.6 Å². The van der Waals surface area contributed by atoms with Gasteiger partial charge in [0.25, 0.3) is 0 Å². The van der Waals surface area contributed by atoms with Crippen molar-refractivity contribution in [3.05, 3.63) is 36.2 Å². The van der Waals surface area contributed by atoms with E-state index in [9.17, 15) is 0 Å². The number of fused-ring (bicyclic) bond motifs is 1. The summed E-state index contributed by atoms with van der Waals surface area (Å²) < 4.78 is 9.70. The zero-order valence-electron chi connectivity index (χ0n) is 10.4. The number of rotatable bonds is 4. The first-order valence-corrected chi connectivity index (χ1v) is 6.11. The van der Waals surface area contributed by atoms with Crippen LogP contribution >= 0.6 is 0 Å². The van der Waals surface area contributed by atoms with Crippen molar-refractivity contribution in [1.29, 1.82) is 0 Å². The molecular formula is C12H17N5O. The Balaban J connectivity index is 1.47. The minimum atomic E-state index is 0.211. The average Bonchev–Trinajstić information content (AvgIpc) is 2.97. The summed E-state index contributed by atoms with van der Waals surface area (Å²) in [6.07, 6.45) is 7.94. The van der Waals surface area contributed by atoms with E-state index in [0.29, 0.717) is 6.61 Å². The molecule has 0 bridgehead atoms. The molecule has 1 aliphatic heterocycles. The Kier molecular flexibility index (Phi) is 3.12. The second-order valence-electron chi connectivity index (χ2n) is 4.58. The highest BCUT2D eigenvalue weighted by molar-refractivity contribution is 5.03. The Labute approximate surface area is 106 Å². The van der Waals surface area contributed by atoms with Crippen LogP contribution in [0.5, 0.6) is 0 Å². The zero-order chi connectivity index (χ0) is 12.4. The summed E-state index contributed by atoms with van der Waals surface area (Å²) >= 11 is 0. The zero-order valence-corrected chi connectivity index (χ0v) is 10.4. The molecule has 0 amide bonds. The Morgan fingerprint density at radius 1 is 1.56 bits per heavy atom. The maximum absolute atomic E-state index is 5.74. The number of nitrogens with one attached hydrogen (secondary N) is 1. The fourth-order valence-electron chi connectivity index (χ4n) is 2.18. The summed E-state index contributed by atoms with van der Waals surface area (Å²) in [5, 5.41) is 7.53. The van der Waals surface area contributed by atoms with Crippen LogP contribution in [0.3, 0.4) is 0 Å². The molecule has 2 aromatic heterocycles. The van der Waals surface area contributed by atoms with Crippen LogP contribution < -0.4 is 5.32 Å². The Bertz CT molecular complexity index is 518. The van der Waals surface area contributed by atoms with E-state index in [-0.39, 0.29) is 6.10 Å². The fourth-order valence-corrected chi connectivity index (χ4v) is 2.18. The average molecular weight is 247 g/mol. The number of ether oxygens (including phenoxy) is 1. The van der Waals surface area contributed by atoms with E-state index >= 15 is 0 Å². The molecule has 0 saturated heterocycles. The van der Waals surface area contributed by atoms with Crippen LogP contribution in [-0.4, -0.2) is 32.0 Å².